The quantitative estimate of drug-likeness (QED) is 0.808. The zero-order valence-electron chi connectivity index (χ0n) is 12.6. The Morgan fingerprint density at radius 2 is 2.13 bits per heavy atom. The Morgan fingerprint density at radius 1 is 1.35 bits per heavy atom. The van der Waals surface area contributed by atoms with Gasteiger partial charge in [-0.15, -0.1) is 11.8 Å². The highest BCUT2D eigenvalue weighted by molar-refractivity contribution is 8.00. The number of benzene rings is 1. The topological polar surface area (TPSA) is 59.5 Å². The summed E-state index contributed by atoms with van der Waals surface area (Å²) in [5.74, 6) is 0.212. The Morgan fingerprint density at radius 3 is 2.78 bits per heavy atom. The Hall–Kier alpha value is -2.34. The number of rotatable bonds is 4. The first-order chi connectivity index (χ1) is 11.2. The molecule has 0 bridgehead atoms. The lowest BCUT2D eigenvalue weighted by atomic mass is 10.1. The maximum absolute atomic E-state index is 12.2. The maximum atomic E-state index is 12.2. The van der Waals surface area contributed by atoms with Gasteiger partial charge in [-0.25, -0.2) is 4.79 Å². The Labute approximate surface area is 138 Å². The van der Waals surface area contributed by atoms with E-state index < -0.39 is 0 Å². The van der Waals surface area contributed by atoms with E-state index in [1.165, 1.54) is 7.11 Å². The summed E-state index contributed by atoms with van der Waals surface area (Å²) in [6.45, 7) is 0.531. The number of ether oxygens (including phenoxy) is 1. The molecule has 1 saturated heterocycles. The maximum Gasteiger partial charge on any atom is 0.337 e. The average molecular weight is 328 g/mol. The number of methoxy groups -OCH3 is 1. The van der Waals surface area contributed by atoms with Gasteiger partial charge in [0.25, 0.3) is 0 Å². The molecule has 5 nitrogen and oxygen atoms in total. The van der Waals surface area contributed by atoms with E-state index in [0.717, 1.165) is 11.1 Å². The van der Waals surface area contributed by atoms with Crippen molar-refractivity contribution in [1.82, 2.24) is 9.88 Å². The number of carbonyl (C=O) groups excluding carboxylic acids is 2. The minimum absolute atomic E-state index is 0.0468. The molecule has 6 heteroatoms. The molecule has 1 fully saturated rings. The molecule has 1 aliphatic heterocycles. The molecule has 1 aliphatic rings. The van der Waals surface area contributed by atoms with E-state index in [-0.39, 0.29) is 17.3 Å². The molecule has 1 atom stereocenters. The first-order valence-electron chi connectivity index (χ1n) is 7.17. The molecular formula is C17H16N2O3S. The van der Waals surface area contributed by atoms with Crippen molar-refractivity contribution >= 4 is 23.6 Å². The van der Waals surface area contributed by atoms with Crippen LogP contribution in [0.2, 0.25) is 0 Å². The van der Waals surface area contributed by atoms with Gasteiger partial charge in [0.05, 0.1) is 18.4 Å². The van der Waals surface area contributed by atoms with Gasteiger partial charge in [-0.05, 0) is 29.3 Å². The molecule has 0 N–H and O–H groups in total. The van der Waals surface area contributed by atoms with Crippen LogP contribution in [0.5, 0.6) is 0 Å². The molecule has 0 saturated carbocycles. The van der Waals surface area contributed by atoms with Crippen LogP contribution in [-0.4, -0.2) is 34.6 Å². The molecule has 1 amide bonds. The van der Waals surface area contributed by atoms with Crippen LogP contribution in [-0.2, 0) is 16.1 Å². The number of thioether (sulfide) groups is 1. The zero-order chi connectivity index (χ0) is 16.2. The summed E-state index contributed by atoms with van der Waals surface area (Å²) in [5, 5.41) is -0.0468. The van der Waals surface area contributed by atoms with E-state index >= 15 is 0 Å². The van der Waals surface area contributed by atoms with Gasteiger partial charge in [-0.3, -0.25) is 9.78 Å². The van der Waals surface area contributed by atoms with E-state index in [1.807, 2.05) is 29.2 Å². The van der Waals surface area contributed by atoms with E-state index in [0.29, 0.717) is 17.9 Å². The summed E-state index contributed by atoms with van der Waals surface area (Å²) in [5.41, 5.74) is 2.50. The number of carbonyl (C=O) groups is 2. The minimum atomic E-state index is -0.362. The fourth-order valence-corrected chi connectivity index (χ4v) is 3.68. The van der Waals surface area contributed by atoms with Crippen LogP contribution in [0.4, 0.5) is 0 Å². The fourth-order valence-electron chi connectivity index (χ4n) is 2.49. The zero-order valence-corrected chi connectivity index (χ0v) is 13.5. The van der Waals surface area contributed by atoms with Crippen molar-refractivity contribution in [2.24, 2.45) is 0 Å². The van der Waals surface area contributed by atoms with Crippen LogP contribution >= 0.6 is 11.8 Å². The standard InChI is InChI=1S/C17H16N2O3S/c1-22-17(21)14-6-4-13(5-7-14)16-19(15(20)11-23-16)10-12-3-2-8-18-9-12/h2-9,16H,10-11H2,1H3. The minimum Gasteiger partial charge on any atom is -0.465 e. The molecule has 0 spiro atoms. The summed E-state index contributed by atoms with van der Waals surface area (Å²) < 4.78 is 4.70. The fraction of sp³-hybridized carbons (Fsp3) is 0.235. The highest BCUT2D eigenvalue weighted by atomic mass is 32.2. The molecule has 118 valence electrons. The third-order valence-electron chi connectivity index (χ3n) is 3.66. The van der Waals surface area contributed by atoms with Crippen molar-refractivity contribution in [3.63, 3.8) is 0 Å². The SMILES string of the molecule is COC(=O)c1ccc(C2SCC(=O)N2Cc2cccnc2)cc1. The number of nitrogens with zero attached hydrogens (tertiary/aromatic N) is 2. The lowest BCUT2D eigenvalue weighted by Crippen LogP contribution is -2.27. The summed E-state index contributed by atoms with van der Waals surface area (Å²) in [6.07, 6.45) is 3.49. The second-order valence-electron chi connectivity index (χ2n) is 5.16. The molecule has 1 unspecified atom stereocenters. The van der Waals surface area contributed by atoms with Crippen LogP contribution in [0, 0.1) is 0 Å². The third kappa shape index (κ3) is 3.37. The van der Waals surface area contributed by atoms with Gasteiger partial charge in [0.1, 0.15) is 5.37 Å². The van der Waals surface area contributed by atoms with Gasteiger partial charge < -0.3 is 9.64 Å². The number of aromatic nitrogens is 1. The predicted molar refractivity (Wildman–Crippen MR) is 87.8 cm³/mol. The van der Waals surface area contributed by atoms with Gasteiger partial charge in [0.15, 0.2) is 0 Å². The van der Waals surface area contributed by atoms with E-state index in [1.54, 1.807) is 36.3 Å². The van der Waals surface area contributed by atoms with Crippen LogP contribution in [0.3, 0.4) is 0 Å². The number of hydrogen-bond acceptors (Lipinski definition) is 5. The highest BCUT2D eigenvalue weighted by Gasteiger charge is 2.32. The van der Waals surface area contributed by atoms with E-state index in [9.17, 15) is 9.59 Å². The third-order valence-corrected chi connectivity index (χ3v) is 4.92. The molecule has 0 radical (unpaired) electrons. The molecule has 3 rings (SSSR count). The number of hydrogen-bond donors (Lipinski definition) is 0. The summed E-state index contributed by atoms with van der Waals surface area (Å²) >= 11 is 1.59. The number of esters is 1. The first kappa shape index (κ1) is 15.6. The van der Waals surface area contributed by atoms with E-state index in [2.05, 4.69) is 4.98 Å². The number of pyridine rings is 1. The van der Waals surface area contributed by atoms with Crippen LogP contribution in [0.25, 0.3) is 0 Å². The summed E-state index contributed by atoms with van der Waals surface area (Å²) in [4.78, 5) is 29.6. The molecule has 2 heterocycles. The first-order valence-corrected chi connectivity index (χ1v) is 8.22. The average Bonchev–Trinajstić information content (AvgIpc) is 2.96. The van der Waals surface area contributed by atoms with E-state index in [4.69, 9.17) is 4.74 Å². The molecule has 1 aromatic heterocycles. The Balaban J connectivity index is 1.80. The summed E-state index contributed by atoms with van der Waals surface area (Å²) in [7, 11) is 1.36. The summed E-state index contributed by atoms with van der Waals surface area (Å²) in [6, 6.07) is 11.0. The second kappa shape index (κ2) is 6.83. The van der Waals surface area contributed by atoms with Crippen LogP contribution in [0.15, 0.2) is 48.8 Å². The smallest absolute Gasteiger partial charge is 0.337 e. The Kier molecular flexibility index (Phi) is 4.62. The molecule has 2 aromatic rings. The van der Waals surface area contributed by atoms with Gasteiger partial charge in [-0.2, -0.15) is 0 Å². The van der Waals surface area contributed by atoms with Crippen molar-refractivity contribution in [2.75, 3.05) is 12.9 Å². The largest absolute Gasteiger partial charge is 0.465 e. The molecule has 23 heavy (non-hydrogen) atoms. The van der Waals surface area contributed by atoms with Gasteiger partial charge in [0, 0.05) is 18.9 Å². The number of amides is 1. The second-order valence-corrected chi connectivity index (χ2v) is 6.23. The van der Waals surface area contributed by atoms with Gasteiger partial charge >= 0.3 is 5.97 Å². The molecular weight excluding hydrogens is 312 g/mol. The molecule has 0 aliphatic carbocycles. The van der Waals surface area contributed by atoms with Crippen LogP contribution in [0.1, 0.15) is 26.9 Å². The normalized spacial score (nSPS) is 17.3. The Bertz CT molecular complexity index is 704. The van der Waals surface area contributed by atoms with Crippen molar-refractivity contribution < 1.29 is 14.3 Å². The highest BCUT2D eigenvalue weighted by Crippen LogP contribution is 2.39. The van der Waals surface area contributed by atoms with Gasteiger partial charge in [-0.1, -0.05) is 18.2 Å². The molecule has 1 aromatic carbocycles. The van der Waals surface area contributed by atoms with Crippen molar-refractivity contribution in [2.45, 2.75) is 11.9 Å². The van der Waals surface area contributed by atoms with Gasteiger partial charge in [0.2, 0.25) is 5.91 Å². The predicted octanol–water partition coefficient (Wildman–Crippen LogP) is 2.64. The van der Waals surface area contributed by atoms with Crippen molar-refractivity contribution in [3.05, 3.63) is 65.5 Å². The van der Waals surface area contributed by atoms with Crippen LogP contribution < -0.4 is 0 Å². The lowest BCUT2D eigenvalue weighted by Gasteiger charge is -2.24. The lowest BCUT2D eigenvalue weighted by molar-refractivity contribution is -0.128. The van der Waals surface area contributed by atoms with Crippen molar-refractivity contribution in [3.8, 4) is 0 Å². The van der Waals surface area contributed by atoms with Crippen molar-refractivity contribution in [1.29, 1.82) is 0 Å². The monoisotopic (exact) mass is 328 g/mol.